The molecule has 136 valence electrons. The van der Waals surface area contributed by atoms with E-state index in [0.29, 0.717) is 0 Å². The van der Waals surface area contributed by atoms with Gasteiger partial charge in [-0.05, 0) is 0 Å². The zero-order chi connectivity index (χ0) is 17.3. The monoisotopic (exact) mass is 340 g/mol. The molecule has 0 aromatic heterocycles. The van der Waals surface area contributed by atoms with Gasteiger partial charge < -0.3 is 56.3 Å². The summed E-state index contributed by atoms with van der Waals surface area (Å²) in [5.41, 5.74) is 11.3. The average Bonchev–Trinajstić information content (AvgIpc) is 2.55. The standard InChI is InChI=1S/C12H24N2O9/c13-5-9(19)10(4(2-16)21-11(5)20)23-12-6(14)8(18)7(17)3(1-15)22-12/h3-12,15-20H,1-2,13-14H2/t3-,4+,5-,6+,7-,8-,9+,10-,11+,12+/m1/s1. The van der Waals surface area contributed by atoms with E-state index in [-0.39, 0.29) is 0 Å². The lowest BCUT2D eigenvalue weighted by molar-refractivity contribution is -0.324. The maximum absolute atomic E-state index is 10.1. The molecule has 0 aromatic carbocycles. The van der Waals surface area contributed by atoms with Crippen LogP contribution in [0.5, 0.6) is 0 Å². The van der Waals surface area contributed by atoms with Crippen LogP contribution in [0, 0.1) is 0 Å². The Morgan fingerprint density at radius 2 is 1.39 bits per heavy atom. The summed E-state index contributed by atoms with van der Waals surface area (Å²) in [6.07, 6.45) is -10.5. The van der Waals surface area contributed by atoms with Gasteiger partial charge in [0.25, 0.3) is 0 Å². The molecule has 2 heterocycles. The van der Waals surface area contributed by atoms with E-state index in [1.165, 1.54) is 0 Å². The quantitative estimate of drug-likeness (QED) is 0.242. The third-order valence-electron chi connectivity index (χ3n) is 4.14. The van der Waals surface area contributed by atoms with Crippen LogP contribution in [0.25, 0.3) is 0 Å². The molecule has 11 heteroatoms. The second-order valence-electron chi connectivity index (χ2n) is 5.70. The summed E-state index contributed by atoms with van der Waals surface area (Å²) >= 11 is 0. The minimum Gasteiger partial charge on any atom is -0.394 e. The molecule has 0 saturated carbocycles. The molecular weight excluding hydrogens is 316 g/mol. The summed E-state index contributed by atoms with van der Waals surface area (Å²) in [5.74, 6) is 0. The van der Waals surface area contributed by atoms with Gasteiger partial charge in [-0.15, -0.1) is 0 Å². The molecule has 0 unspecified atom stereocenters. The highest BCUT2D eigenvalue weighted by Gasteiger charge is 2.49. The third kappa shape index (κ3) is 3.65. The molecular formula is C12H24N2O9. The van der Waals surface area contributed by atoms with Crippen LogP contribution in [0.15, 0.2) is 0 Å². The lowest BCUT2D eigenvalue weighted by Gasteiger charge is -2.45. The van der Waals surface area contributed by atoms with E-state index in [1.54, 1.807) is 0 Å². The number of aliphatic hydroxyl groups is 6. The normalized spacial score (nSPS) is 51.7. The first-order chi connectivity index (χ1) is 10.8. The molecule has 2 aliphatic rings. The first kappa shape index (κ1) is 18.9. The minimum absolute atomic E-state index is 0.581. The van der Waals surface area contributed by atoms with Gasteiger partial charge in [-0.1, -0.05) is 0 Å². The topological polar surface area (TPSA) is 201 Å². The smallest absolute Gasteiger partial charge is 0.176 e. The zero-order valence-corrected chi connectivity index (χ0v) is 12.3. The fourth-order valence-electron chi connectivity index (χ4n) is 2.65. The highest BCUT2D eigenvalue weighted by Crippen LogP contribution is 2.27. The van der Waals surface area contributed by atoms with Gasteiger partial charge in [-0.3, -0.25) is 0 Å². The van der Waals surface area contributed by atoms with Gasteiger partial charge in [0.2, 0.25) is 0 Å². The van der Waals surface area contributed by atoms with Crippen LogP contribution in [0.2, 0.25) is 0 Å². The SMILES string of the molecule is N[C@@H]1[C@H](O[C@H]2[C@@H](O)[C@@H](N)[C@@H](O)O[C@H]2CO)O[C@H](CO)[C@@H](O)[C@@H]1O. The Kier molecular flexibility index (Phi) is 6.27. The van der Waals surface area contributed by atoms with Crippen molar-refractivity contribution in [3.63, 3.8) is 0 Å². The van der Waals surface area contributed by atoms with Crippen LogP contribution in [0.1, 0.15) is 0 Å². The highest BCUT2D eigenvalue weighted by atomic mass is 16.7. The maximum atomic E-state index is 10.1. The zero-order valence-electron chi connectivity index (χ0n) is 12.3. The third-order valence-corrected chi connectivity index (χ3v) is 4.14. The van der Waals surface area contributed by atoms with Crippen molar-refractivity contribution in [2.45, 2.75) is 61.3 Å². The summed E-state index contributed by atoms with van der Waals surface area (Å²) in [4.78, 5) is 0. The van der Waals surface area contributed by atoms with Crippen molar-refractivity contribution >= 4 is 0 Å². The lowest BCUT2D eigenvalue weighted by atomic mass is 9.95. The Bertz CT molecular complexity index is 386. The number of aliphatic hydroxyl groups excluding tert-OH is 6. The number of nitrogens with two attached hydrogens (primary N) is 2. The molecule has 0 spiro atoms. The number of hydrogen-bond donors (Lipinski definition) is 8. The molecule has 0 bridgehead atoms. The predicted molar refractivity (Wildman–Crippen MR) is 72.6 cm³/mol. The molecule has 0 aliphatic carbocycles. The molecule has 2 fully saturated rings. The van der Waals surface area contributed by atoms with Crippen LogP contribution in [0.4, 0.5) is 0 Å². The van der Waals surface area contributed by atoms with E-state index < -0.39 is 74.5 Å². The minimum atomic E-state index is -1.49. The average molecular weight is 340 g/mol. The van der Waals surface area contributed by atoms with E-state index in [1.807, 2.05) is 0 Å². The van der Waals surface area contributed by atoms with Crippen molar-refractivity contribution in [3.05, 3.63) is 0 Å². The number of ether oxygens (including phenoxy) is 3. The fourth-order valence-corrected chi connectivity index (χ4v) is 2.65. The number of rotatable bonds is 4. The summed E-state index contributed by atoms with van der Waals surface area (Å²) < 4.78 is 15.8. The van der Waals surface area contributed by atoms with Gasteiger partial charge in [0.05, 0.1) is 25.3 Å². The maximum Gasteiger partial charge on any atom is 0.176 e. The van der Waals surface area contributed by atoms with E-state index in [0.717, 1.165) is 0 Å². The summed E-state index contributed by atoms with van der Waals surface area (Å²) in [6, 6.07) is -2.37. The fraction of sp³-hybridized carbons (Fsp3) is 1.00. The van der Waals surface area contributed by atoms with Crippen LogP contribution < -0.4 is 11.5 Å². The second kappa shape index (κ2) is 7.63. The van der Waals surface area contributed by atoms with Gasteiger partial charge in [-0.25, -0.2) is 0 Å². The molecule has 10 atom stereocenters. The molecule has 0 aromatic rings. The van der Waals surface area contributed by atoms with Crippen molar-refractivity contribution in [2.24, 2.45) is 11.5 Å². The van der Waals surface area contributed by atoms with E-state index in [4.69, 9.17) is 30.8 Å². The summed E-state index contributed by atoms with van der Waals surface area (Å²) in [5, 5.41) is 57.7. The largest absolute Gasteiger partial charge is 0.394 e. The van der Waals surface area contributed by atoms with E-state index in [9.17, 15) is 25.5 Å². The predicted octanol–water partition coefficient (Wildman–Crippen LogP) is -5.46. The molecule has 23 heavy (non-hydrogen) atoms. The van der Waals surface area contributed by atoms with Crippen molar-refractivity contribution in [2.75, 3.05) is 13.2 Å². The highest BCUT2D eigenvalue weighted by molar-refractivity contribution is 4.95. The van der Waals surface area contributed by atoms with Gasteiger partial charge in [0.1, 0.15) is 36.6 Å². The Hall–Kier alpha value is -0.440. The Morgan fingerprint density at radius 3 is 1.96 bits per heavy atom. The van der Waals surface area contributed by atoms with Crippen LogP contribution in [-0.4, -0.2) is 105 Å². The lowest BCUT2D eigenvalue weighted by Crippen LogP contribution is -2.67. The van der Waals surface area contributed by atoms with E-state index in [2.05, 4.69) is 0 Å². The van der Waals surface area contributed by atoms with Crippen molar-refractivity contribution in [1.82, 2.24) is 0 Å². The van der Waals surface area contributed by atoms with Gasteiger partial charge in [0, 0.05) is 0 Å². The Balaban J connectivity index is 2.11. The first-order valence-corrected chi connectivity index (χ1v) is 7.23. The van der Waals surface area contributed by atoms with Gasteiger partial charge in [0.15, 0.2) is 12.6 Å². The van der Waals surface area contributed by atoms with Crippen molar-refractivity contribution in [3.8, 4) is 0 Å². The summed E-state index contributed by atoms with van der Waals surface area (Å²) in [6.45, 7) is -1.17. The van der Waals surface area contributed by atoms with Gasteiger partial charge >= 0.3 is 0 Å². The van der Waals surface area contributed by atoms with Crippen LogP contribution >= 0.6 is 0 Å². The van der Waals surface area contributed by atoms with Crippen molar-refractivity contribution in [1.29, 1.82) is 0 Å². The molecule has 0 amide bonds. The molecule has 11 nitrogen and oxygen atoms in total. The van der Waals surface area contributed by atoms with Crippen molar-refractivity contribution < 1.29 is 44.8 Å². The first-order valence-electron chi connectivity index (χ1n) is 7.23. The Labute approximate surface area is 132 Å². The van der Waals surface area contributed by atoms with Gasteiger partial charge in [-0.2, -0.15) is 0 Å². The second-order valence-corrected chi connectivity index (χ2v) is 5.70. The van der Waals surface area contributed by atoms with Crippen LogP contribution in [0.3, 0.4) is 0 Å². The molecule has 2 aliphatic heterocycles. The Morgan fingerprint density at radius 1 is 0.783 bits per heavy atom. The summed E-state index contributed by atoms with van der Waals surface area (Å²) in [7, 11) is 0. The molecule has 2 rings (SSSR count). The number of hydrogen-bond acceptors (Lipinski definition) is 11. The molecule has 10 N–H and O–H groups in total. The molecule has 2 saturated heterocycles. The van der Waals surface area contributed by atoms with E-state index >= 15 is 0 Å². The van der Waals surface area contributed by atoms with Crippen LogP contribution in [-0.2, 0) is 14.2 Å². The molecule has 0 radical (unpaired) electrons.